The lowest BCUT2D eigenvalue weighted by molar-refractivity contribution is -0.114. The molecule has 0 aromatic heterocycles. The maximum Gasteiger partial charge on any atom is 0.343 e. The number of ketones is 1. The van der Waals surface area contributed by atoms with Crippen molar-refractivity contribution in [3.05, 3.63) is 97.1 Å². The third-order valence-electron chi connectivity index (χ3n) is 4.58. The van der Waals surface area contributed by atoms with Gasteiger partial charge in [0, 0.05) is 6.42 Å². The monoisotopic (exact) mass is 400 g/mol. The molecule has 152 valence electrons. The zero-order valence-corrected chi connectivity index (χ0v) is 16.8. The number of hydrogen-bond donors (Lipinski definition) is 0. The first-order valence-corrected chi connectivity index (χ1v) is 9.91. The summed E-state index contributed by atoms with van der Waals surface area (Å²) in [4.78, 5) is 23.5. The van der Waals surface area contributed by atoms with Crippen molar-refractivity contribution in [1.29, 1.82) is 0 Å². The van der Waals surface area contributed by atoms with E-state index in [2.05, 4.69) is 6.58 Å². The van der Waals surface area contributed by atoms with Crippen LogP contribution in [0.2, 0.25) is 0 Å². The minimum Gasteiger partial charge on any atom is -0.494 e. The average Bonchev–Trinajstić information content (AvgIpc) is 2.80. The van der Waals surface area contributed by atoms with Crippen molar-refractivity contribution < 1.29 is 19.1 Å². The van der Waals surface area contributed by atoms with E-state index >= 15 is 0 Å². The number of carbonyl (C=O) groups excluding carboxylic acids is 2. The zero-order valence-electron chi connectivity index (χ0n) is 16.8. The first-order chi connectivity index (χ1) is 14.7. The van der Waals surface area contributed by atoms with Crippen LogP contribution in [0, 0.1) is 0 Å². The van der Waals surface area contributed by atoms with Crippen molar-refractivity contribution in [2.45, 2.75) is 19.3 Å². The van der Waals surface area contributed by atoms with Crippen molar-refractivity contribution in [2.75, 3.05) is 6.61 Å². The maximum absolute atomic E-state index is 12.4. The normalized spacial score (nSPS) is 10.3. The summed E-state index contributed by atoms with van der Waals surface area (Å²) in [7, 11) is 0. The molecule has 0 unspecified atom stereocenters. The van der Waals surface area contributed by atoms with Crippen LogP contribution >= 0.6 is 0 Å². The van der Waals surface area contributed by atoms with Gasteiger partial charge in [-0.3, -0.25) is 4.79 Å². The molecule has 0 radical (unpaired) electrons. The summed E-state index contributed by atoms with van der Waals surface area (Å²) in [6.45, 7) is 3.97. The van der Waals surface area contributed by atoms with E-state index < -0.39 is 5.97 Å². The fraction of sp³-hybridized carbons (Fsp3) is 0.154. The fourth-order valence-electron chi connectivity index (χ4n) is 2.89. The van der Waals surface area contributed by atoms with Gasteiger partial charge in [-0.05, 0) is 66.4 Å². The Labute approximate surface area is 176 Å². The molecule has 0 bridgehead atoms. The molecular formula is C26H24O4. The van der Waals surface area contributed by atoms with Gasteiger partial charge in [0.25, 0.3) is 0 Å². The maximum atomic E-state index is 12.4. The molecule has 0 aliphatic rings. The molecule has 0 N–H and O–H groups in total. The predicted molar refractivity (Wildman–Crippen MR) is 118 cm³/mol. The molecule has 0 aliphatic carbocycles. The molecule has 4 nitrogen and oxygen atoms in total. The lowest BCUT2D eigenvalue weighted by atomic mass is 10.1. The van der Waals surface area contributed by atoms with Crippen LogP contribution in [0.25, 0.3) is 11.1 Å². The van der Waals surface area contributed by atoms with E-state index in [1.165, 1.54) is 6.08 Å². The molecule has 3 aromatic carbocycles. The highest BCUT2D eigenvalue weighted by Crippen LogP contribution is 2.23. The summed E-state index contributed by atoms with van der Waals surface area (Å²) in [5.41, 5.74) is 2.62. The Balaban J connectivity index is 1.48. The van der Waals surface area contributed by atoms with Gasteiger partial charge in [0.1, 0.15) is 11.5 Å². The molecule has 3 aromatic rings. The molecular weight excluding hydrogens is 376 g/mol. The number of rotatable bonds is 10. The second-order valence-corrected chi connectivity index (χ2v) is 6.78. The lowest BCUT2D eigenvalue weighted by Gasteiger charge is -2.08. The Morgan fingerprint density at radius 3 is 2.07 bits per heavy atom. The Morgan fingerprint density at radius 2 is 1.40 bits per heavy atom. The van der Waals surface area contributed by atoms with Crippen molar-refractivity contribution >= 4 is 11.8 Å². The van der Waals surface area contributed by atoms with Gasteiger partial charge in [0.05, 0.1) is 12.2 Å². The van der Waals surface area contributed by atoms with Crippen molar-refractivity contribution in [3.63, 3.8) is 0 Å². The minimum atomic E-state index is -0.419. The molecule has 0 fully saturated rings. The summed E-state index contributed by atoms with van der Waals surface area (Å²) in [5, 5.41) is 0. The van der Waals surface area contributed by atoms with Gasteiger partial charge in [0.2, 0.25) is 0 Å². The molecule has 0 amide bonds. The quantitative estimate of drug-likeness (QED) is 0.185. The molecule has 0 spiro atoms. The topological polar surface area (TPSA) is 52.6 Å². The second-order valence-electron chi connectivity index (χ2n) is 6.78. The third kappa shape index (κ3) is 6.17. The number of unbranched alkanes of at least 4 members (excludes halogenated alkanes) is 1. The molecule has 4 heteroatoms. The summed E-state index contributed by atoms with van der Waals surface area (Å²) < 4.78 is 11.1. The molecule has 3 rings (SSSR count). The first-order valence-electron chi connectivity index (χ1n) is 9.91. The van der Waals surface area contributed by atoms with Gasteiger partial charge in [-0.2, -0.15) is 0 Å². The fourth-order valence-corrected chi connectivity index (χ4v) is 2.89. The smallest absolute Gasteiger partial charge is 0.343 e. The number of benzene rings is 3. The summed E-state index contributed by atoms with van der Waals surface area (Å²) in [6, 6.07) is 24.3. The molecule has 30 heavy (non-hydrogen) atoms. The molecule has 0 saturated heterocycles. The Hall–Kier alpha value is -3.66. The Morgan fingerprint density at radius 1 is 0.767 bits per heavy atom. The van der Waals surface area contributed by atoms with Crippen molar-refractivity contribution in [2.24, 2.45) is 0 Å². The van der Waals surface area contributed by atoms with E-state index in [4.69, 9.17) is 9.47 Å². The van der Waals surface area contributed by atoms with E-state index in [0.717, 1.165) is 24.0 Å². The van der Waals surface area contributed by atoms with Crippen LogP contribution in [0.3, 0.4) is 0 Å². The SMILES string of the molecule is C=CC(=O)CCCCOc1ccc(C(=O)Oc2ccc(-c3ccccc3)cc2)cc1. The van der Waals surface area contributed by atoms with Crippen molar-refractivity contribution in [1.82, 2.24) is 0 Å². The number of esters is 1. The average molecular weight is 400 g/mol. The highest BCUT2D eigenvalue weighted by Gasteiger charge is 2.09. The highest BCUT2D eigenvalue weighted by molar-refractivity contribution is 5.91. The molecule has 0 aliphatic heterocycles. The van der Waals surface area contributed by atoms with Crippen LogP contribution in [0.1, 0.15) is 29.6 Å². The third-order valence-corrected chi connectivity index (χ3v) is 4.58. The van der Waals surface area contributed by atoms with Gasteiger partial charge in [-0.15, -0.1) is 0 Å². The van der Waals surface area contributed by atoms with Crippen LogP contribution in [0.5, 0.6) is 11.5 Å². The van der Waals surface area contributed by atoms with Crippen LogP contribution in [-0.4, -0.2) is 18.4 Å². The summed E-state index contributed by atoms with van der Waals surface area (Å²) in [5.74, 6) is 0.799. The van der Waals surface area contributed by atoms with Gasteiger partial charge in [0.15, 0.2) is 5.78 Å². The van der Waals surface area contributed by atoms with Crippen LogP contribution in [0.4, 0.5) is 0 Å². The predicted octanol–water partition coefficient (Wildman–Crippen LogP) is 5.88. The minimum absolute atomic E-state index is 0.0487. The molecule has 0 atom stereocenters. The first kappa shape index (κ1) is 21.1. The van der Waals surface area contributed by atoms with Crippen LogP contribution < -0.4 is 9.47 Å². The Bertz CT molecular complexity index is 974. The van der Waals surface area contributed by atoms with Gasteiger partial charge >= 0.3 is 5.97 Å². The lowest BCUT2D eigenvalue weighted by Crippen LogP contribution is -2.08. The largest absolute Gasteiger partial charge is 0.494 e. The van der Waals surface area contributed by atoms with Gasteiger partial charge in [-0.25, -0.2) is 4.79 Å². The van der Waals surface area contributed by atoms with E-state index in [9.17, 15) is 9.59 Å². The Kier molecular flexibility index (Phi) is 7.56. The van der Waals surface area contributed by atoms with E-state index in [1.54, 1.807) is 36.4 Å². The number of ether oxygens (including phenoxy) is 2. The van der Waals surface area contributed by atoms with Crippen LogP contribution in [-0.2, 0) is 4.79 Å². The number of hydrogen-bond acceptors (Lipinski definition) is 4. The van der Waals surface area contributed by atoms with Gasteiger partial charge < -0.3 is 9.47 Å². The van der Waals surface area contributed by atoms with Gasteiger partial charge in [-0.1, -0.05) is 49.0 Å². The number of allylic oxidation sites excluding steroid dienone is 1. The second kappa shape index (κ2) is 10.8. The van der Waals surface area contributed by atoms with E-state index in [1.807, 2.05) is 42.5 Å². The van der Waals surface area contributed by atoms with Crippen molar-refractivity contribution in [3.8, 4) is 22.6 Å². The highest BCUT2D eigenvalue weighted by atomic mass is 16.5. The zero-order chi connectivity index (χ0) is 21.2. The van der Waals surface area contributed by atoms with E-state index in [-0.39, 0.29) is 5.78 Å². The van der Waals surface area contributed by atoms with Crippen LogP contribution in [0.15, 0.2) is 91.5 Å². The summed E-state index contributed by atoms with van der Waals surface area (Å²) in [6.07, 6.45) is 3.38. The summed E-state index contributed by atoms with van der Waals surface area (Å²) >= 11 is 0. The number of carbonyl (C=O) groups is 2. The molecule has 0 saturated carbocycles. The standard InChI is InChI=1S/C26H24O4/c1-2-23(27)10-6-7-19-29-24-15-13-22(14-16-24)26(28)30-25-17-11-21(12-18-25)20-8-4-3-5-9-20/h2-5,8-9,11-18H,1,6-7,10,19H2. The van der Waals surface area contributed by atoms with E-state index in [0.29, 0.717) is 30.1 Å². The molecule has 0 heterocycles.